The van der Waals surface area contributed by atoms with Gasteiger partial charge in [0.15, 0.2) is 0 Å². The van der Waals surface area contributed by atoms with Crippen LogP contribution in [0.1, 0.15) is 5.56 Å². The molecule has 0 saturated heterocycles. The van der Waals surface area contributed by atoms with Gasteiger partial charge in [-0.25, -0.2) is 0 Å². The molecule has 1 nitrogen and oxygen atoms in total. The van der Waals surface area contributed by atoms with Crippen molar-refractivity contribution in [2.24, 2.45) is 0 Å². The van der Waals surface area contributed by atoms with Crippen LogP contribution in [0, 0.1) is 0 Å². The number of halogens is 4. The predicted octanol–water partition coefficient (Wildman–Crippen LogP) is 4.33. The molecule has 0 amide bonds. The Morgan fingerprint density at radius 1 is 1.13 bits per heavy atom. The van der Waals surface area contributed by atoms with Crippen molar-refractivity contribution in [3.63, 3.8) is 0 Å². The van der Waals surface area contributed by atoms with Gasteiger partial charge in [0.25, 0.3) is 0 Å². The van der Waals surface area contributed by atoms with Crippen LogP contribution in [-0.4, -0.2) is 29.7 Å². The zero-order valence-electron chi connectivity index (χ0n) is 7.98. The van der Waals surface area contributed by atoms with Crippen LogP contribution in [0.15, 0.2) is 6.07 Å². The Morgan fingerprint density at radius 2 is 1.73 bits per heavy atom. The summed E-state index contributed by atoms with van der Waals surface area (Å²) in [5.41, 5.74) is 1.04. The Bertz CT molecular complexity index is 296. The highest BCUT2D eigenvalue weighted by molar-refractivity contribution is 7.20. The molecule has 0 unspecified atom stereocenters. The van der Waals surface area contributed by atoms with E-state index in [1.165, 1.54) is 11.3 Å². The van der Waals surface area contributed by atoms with Crippen LogP contribution in [0.4, 0.5) is 0 Å². The predicted molar refractivity (Wildman–Crippen MR) is 71.1 cm³/mol. The van der Waals surface area contributed by atoms with E-state index < -0.39 is 0 Å². The zero-order valence-corrected chi connectivity index (χ0v) is 11.8. The highest BCUT2D eigenvalue weighted by atomic mass is 35.5. The van der Waals surface area contributed by atoms with Crippen LogP contribution in [0.5, 0.6) is 0 Å². The van der Waals surface area contributed by atoms with Gasteiger partial charge in [0.1, 0.15) is 0 Å². The molecule has 0 fully saturated rings. The van der Waals surface area contributed by atoms with Gasteiger partial charge in [-0.1, -0.05) is 23.2 Å². The van der Waals surface area contributed by atoms with Gasteiger partial charge in [0.05, 0.1) is 8.67 Å². The molecule has 6 heteroatoms. The molecule has 0 atom stereocenters. The fourth-order valence-corrected chi connectivity index (χ4v) is 3.18. The van der Waals surface area contributed by atoms with Gasteiger partial charge in [-0.2, -0.15) is 0 Å². The average Bonchev–Trinajstić information content (AvgIpc) is 2.46. The van der Waals surface area contributed by atoms with Crippen molar-refractivity contribution >= 4 is 57.7 Å². The van der Waals surface area contributed by atoms with Crippen molar-refractivity contribution in [1.82, 2.24) is 4.90 Å². The first-order valence-corrected chi connectivity index (χ1v) is 7.09. The topological polar surface area (TPSA) is 3.24 Å². The van der Waals surface area contributed by atoms with E-state index in [0.29, 0.717) is 16.1 Å². The van der Waals surface area contributed by atoms with Gasteiger partial charge in [-0.05, 0) is 11.6 Å². The molecule has 0 aliphatic rings. The lowest BCUT2D eigenvalue weighted by molar-refractivity contribution is 0.300. The molecule has 1 rings (SSSR count). The Hall–Kier alpha value is 0.820. The second-order valence-corrected chi connectivity index (χ2v) is 6.05. The molecule has 0 radical (unpaired) electrons. The molecule has 1 aromatic heterocycles. The maximum absolute atomic E-state index is 6.03. The molecule has 0 bridgehead atoms. The van der Waals surface area contributed by atoms with E-state index in [2.05, 4.69) is 4.90 Å². The van der Waals surface area contributed by atoms with Crippen LogP contribution in [0.3, 0.4) is 0 Å². The van der Waals surface area contributed by atoms with Gasteiger partial charge >= 0.3 is 0 Å². The summed E-state index contributed by atoms with van der Waals surface area (Å²) in [4.78, 5) is 2.16. The smallest absolute Gasteiger partial charge is 0.0989 e. The van der Waals surface area contributed by atoms with E-state index in [-0.39, 0.29) is 0 Å². The quantitative estimate of drug-likeness (QED) is 0.707. The summed E-state index contributed by atoms with van der Waals surface area (Å²) in [5.74, 6) is 1.18. The summed E-state index contributed by atoms with van der Waals surface area (Å²) in [6.07, 6.45) is 0. The number of nitrogens with zero attached hydrogens (tertiary/aromatic N) is 1. The number of rotatable bonds is 6. The average molecular weight is 307 g/mol. The van der Waals surface area contributed by atoms with Crippen molar-refractivity contribution in [2.75, 3.05) is 24.8 Å². The first-order chi connectivity index (χ1) is 7.17. The molecular weight excluding hydrogens is 296 g/mol. The molecule has 15 heavy (non-hydrogen) atoms. The van der Waals surface area contributed by atoms with Crippen LogP contribution in [0.25, 0.3) is 0 Å². The first-order valence-electron chi connectivity index (χ1n) is 4.45. The summed E-state index contributed by atoms with van der Waals surface area (Å²) in [7, 11) is 0. The highest BCUT2D eigenvalue weighted by Gasteiger charge is 2.10. The molecule has 1 aromatic rings. The minimum Gasteiger partial charge on any atom is -0.297 e. The summed E-state index contributed by atoms with van der Waals surface area (Å²) < 4.78 is 1.46. The van der Waals surface area contributed by atoms with Gasteiger partial charge < -0.3 is 0 Å². The Balaban J connectivity index is 2.60. The van der Waals surface area contributed by atoms with Gasteiger partial charge in [-0.15, -0.1) is 34.5 Å². The third kappa shape index (κ3) is 4.68. The standard InChI is InChI=1S/C9H11Cl4NS/c10-1-3-14(4-2-11)6-7-5-8(12)15-9(7)13/h5H,1-4,6H2. The Labute approximate surface area is 114 Å². The maximum atomic E-state index is 6.03. The maximum Gasteiger partial charge on any atom is 0.0989 e. The molecule has 86 valence electrons. The van der Waals surface area contributed by atoms with Crippen molar-refractivity contribution in [2.45, 2.75) is 6.54 Å². The van der Waals surface area contributed by atoms with E-state index in [4.69, 9.17) is 46.4 Å². The molecule has 0 aromatic carbocycles. The highest BCUT2D eigenvalue weighted by Crippen LogP contribution is 2.31. The minimum absolute atomic E-state index is 0.590. The summed E-state index contributed by atoms with van der Waals surface area (Å²) in [5, 5.41) is 0. The van der Waals surface area contributed by atoms with E-state index >= 15 is 0 Å². The summed E-state index contributed by atoms with van der Waals surface area (Å²) in [6, 6.07) is 1.89. The van der Waals surface area contributed by atoms with E-state index in [0.717, 1.165) is 29.5 Å². The lowest BCUT2D eigenvalue weighted by Gasteiger charge is -2.19. The van der Waals surface area contributed by atoms with Crippen LogP contribution >= 0.6 is 57.7 Å². The lowest BCUT2D eigenvalue weighted by Crippen LogP contribution is -2.27. The number of alkyl halides is 2. The van der Waals surface area contributed by atoms with Crippen LogP contribution in [-0.2, 0) is 6.54 Å². The Morgan fingerprint density at radius 3 is 2.13 bits per heavy atom. The van der Waals surface area contributed by atoms with Crippen molar-refractivity contribution in [3.05, 3.63) is 20.3 Å². The molecule has 0 aliphatic carbocycles. The first kappa shape index (κ1) is 13.9. The van der Waals surface area contributed by atoms with Gasteiger partial charge in [0.2, 0.25) is 0 Å². The van der Waals surface area contributed by atoms with E-state index in [1.807, 2.05) is 6.07 Å². The minimum atomic E-state index is 0.590. The largest absolute Gasteiger partial charge is 0.297 e. The molecule has 0 spiro atoms. The third-order valence-electron chi connectivity index (χ3n) is 1.92. The lowest BCUT2D eigenvalue weighted by atomic mass is 10.3. The molecule has 1 heterocycles. The van der Waals surface area contributed by atoms with Gasteiger partial charge in [0, 0.05) is 31.4 Å². The third-order valence-corrected chi connectivity index (χ3v) is 3.83. The van der Waals surface area contributed by atoms with E-state index in [9.17, 15) is 0 Å². The zero-order chi connectivity index (χ0) is 11.3. The Kier molecular flexibility index (Phi) is 6.67. The fourth-order valence-electron chi connectivity index (χ4n) is 1.23. The normalized spacial score (nSPS) is 11.3. The summed E-state index contributed by atoms with van der Waals surface area (Å²) in [6.45, 7) is 2.36. The second-order valence-electron chi connectivity index (χ2n) is 3.00. The SMILES string of the molecule is ClCCN(CCCl)Cc1cc(Cl)sc1Cl. The van der Waals surface area contributed by atoms with E-state index in [1.54, 1.807) is 0 Å². The van der Waals surface area contributed by atoms with Crippen molar-refractivity contribution < 1.29 is 0 Å². The second kappa shape index (κ2) is 7.21. The summed E-state index contributed by atoms with van der Waals surface area (Å²) >= 11 is 24.7. The van der Waals surface area contributed by atoms with Gasteiger partial charge in [-0.3, -0.25) is 4.90 Å². The van der Waals surface area contributed by atoms with Crippen LogP contribution < -0.4 is 0 Å². The number of hydrogen-bond acceptors (Lipinski definition) is 2. The molecule has 0 saturated carbocycles. The molecule has 0 aliphatic heterocycles. The number of thiophene rings is 1. The van der Waals surface area contributed by atoms with Crippen molar-refractivity contribution in [3.8, 4) is 0 Å². The van der Waals surface area contributed by atoms with Crippen molar-refractivity contribution in [1.29, 1.82) is 0 Å². The molecular formula is C9H11Cl4NS. The fraction of sp³-hybridized carbons (Fsp3) is 0.556. The number of hydrogen-bond donors (Lipinski definition) is 0. The monoisotopic (exact) mass is 305 g/mol. The molecule has 0 N–H and O–H groups in total. The van der Waals surface area contributed by atoms with Crippen LogP contribution in [0.2, 0.25) is 8.67 Å².